The monoisotopic (exact) mass is 254 g/mol. The lowest BCUT2D eigenvalue weighted by Gasteiger charge is -2.38. The predicted molar refractivity (Wildman–Crippen MR) is 73.8 cm³/mol. The molecule has 1 unspecified atom stereocenters. The van der Waals surface area contributed by atoms with Gasteiger partial charge < -0.3 is 15.1 Å². The van der Waals surface area contributed by atoms with Crippen LogP contribution in [0.1, 0.15) is 19.5 Å². The van der Waals surface area contributed by atoms with Gasteiger partial charge in [0.25, 0.3) is 0 Å². The molecule has 0 aliphatic carbocycles. The van der Waals surface area contributed by atoms with Crippen molar-refractivity contribution in [1.82, 2.24) is 15.2 Å². The van der Waals surface area contributed by atoms with Crippen molar-refractivity contribution in [2.75, 3.05) is 38.1 Å². The van der Waals surface area contributed by atoms with Gasteiger partial charge in [0.1, 0.15) is 0 Å². The average Bonchev–Trinajstić information content (AvgIpc) is 2.75. The Morgan fingerprint density at radius 3 is 3.06 bits per heavy atom. The molecule has 1 aliphatic rings. The summed E-state index contributed by atoms with van der Waals surface area (Å²) in [6.45, 7) is 9.63. The van der Waals surface area contributed by atoms with E-state index in [9.17, 15) is 0 Å². The first-order chi connectivity index (χ1) is 8.20. The number of rotatable bonds is 4. The minimum absolute atomic E-state index is 0.562. The largest absolute Gasteiger partial charge is 0.343 e. The molecule has 1 saturated heterocycles. The molecule has 1 N–H and O–H groups in total. The highest BCUT2D eigenvalue weighted by Gasteiger charge is 2.23. The predicted octanol–water partition coefficient (Wildman–Crippen LogP) is 1.39. The average molecular weight is 254 g/mol. The van der Waals surface area contributed by atoms with Gasteiger partial charge in [-0.3, -0.25) is 0 Å². The van der Waals surface area contributed by atoms with Crippen molar-refractivity contribution in [2.24, 2.45) is 0 Å². The van der Waals surface area contributed by atoms with E-state index < -0.39 is 0 Å². The number of piperazine rings is 1. The Labute approximate surface area is 108 Å². The maximum Gasteiger partial charge on any atom is 0.185 e. The normalized spacial score (nSPS) is 22.1. The second-order valence-corrected chi connectivity index (χ2v) is 5.54. The highest BCUT2D eigenvalue weighted by molar-refractivity contribution is 7.13. The van der Waals surface area contributed by atoms with Gasteiger partial charge in [0.15, 0.2) is 5.13 Å². The molecule has 17 heavy (non-hydrogen) atoms. The summed E-state index contributed by atoms with van der Waals surface area (Å²) >= 11 is 1.77. The third-order valence-corrected chi connectivity index (χ3v) is 4.10. The van der Waals surface area contributed by atoms with Gasteiger partial charge in [-0.2, -0.15) is 0 Å². The Bertz CT molecular complexity index is 352. The van der Waals surface area contributed by atoms with E-state index in [1.165, 1.54) is 5.13 Å². The topological polar surface area (TPSA) is 31.4 Å². The number of anilines is 1. The minimum atomic E-state index is 0.562. The first kappa shape index (κ1) is 12.8. The number of nitrogens with zero attached hydrogens (tertiary/aromatic N) is 3. The van der Waals surface area contributed by atoms with Crippen molar-refractivity contribution in [2.45, 2.75) is 26.4 Å². The van der Waals surface area contributed by atoms with Crippen molar-refractivity contribution in [3.8, 4) is 0 Å². The molecule has 4 nitrogen and oxygen atoms in total. The van der Waals surface area contributed by atoms with Gasteiger partial charge in [0.2, 0.25) is 0 Å². The van der Waals surface area contributed by atoms with Crippen LogP contribution in [-0.2, 0) is 6.54 Å². The maximum atomic E-state index is 4.71. The van der Waals surface area contributed by atoms with Crippen molar-refractivity contribution in [3.05, 3.63) is 11.1 Å². The van der Waals surface area contributed by atoms with Crippen molar-refractivity contribution in [3.63, 3.8) is 0 Å². The van der Waals surface area contributed by atoms with E-state index in [-0.39, 0.29) is 0 Å². The molecule has 5 heteroatoms. The summed E-state index contributed by atoms with van der Waals surface area (Å²) in [5, 5.41) is 6.67. The van der Waals surface area contributed by atoms with Gasteiger partial charge >= 0.3 is 0 Å². The fraction of sp³-hybridized carbons (Fsp3) is 0.750. The van der Waals surface area contributed by atoms with Crippen LogP contribution in [-0.4, -0.2) is 49.2 Å². The van der Waals surface area contributed by atoms with E-state index in [0.717, 1.165) is 38.4 Å². The number of hydrogen-bond donors (Lipinski definition) is 1. The number of aromatic nitrogens is 1. The van der Waals surface area contributed by atoms with Gasteiger partial charge in [-0.1, -0.05) is 6.92 Å². The Morgan fingerprint density at radius 1 is 1.53 bits per heavy atom. The molecule has 0 radical (unpaired) electrons. The molecule has 1 aliphatic heterocycles. The van der Waals surface area contributed by atoms with Crippen LogP contribution in [0, 0.1) is 0 Å². The van der Waals surface area contributed by atoms with Crippen molar-refractivity contribution in [1.29, 1.82) is 0 Å². The van der Waals surface area contributed by atoms with E-state index in [1.807, 2.05) is 0 Å². The smallest absolute Gasteiger partial charge is 0.185 e. The number of likely N-dealkylation sites (N-methyl/N-ethyl adjacent to an activating group) is 1. The summed E-state index contributed by atoms with van der Waals surface area (Å²) in [6, 6.07) is 0.562. The van der Waals surface area contributed by atoms with Gasteiger partial charge in [0.05, 0.1) is 5.69 Å². The van der Waals surface area contributed by atoms with Gasteiger partial charge in [-0.25, -0.2) is 4.98 Å². The second-order valence-electron chi connectivity index (χ2n) is 4.71. The second kappa shape index (κ2) is 5.80. The van der Waals surface area contributed by atoms with Crippen LogP contribution in [0.4, 0.5) is 5.13 Å². The summed E-state index contributed by atoms with van der Waals surface area (Å²) in [7, 11) is 2.19. The summed E-state index contributed by atoms with van der Waals surface area (Å²) in [5.41, 5.74) is 1.16. The summed E-state index contributed by atoms with van der Waals surface area (Å²) in [4.78, 5) is 9.52. The van der Waals surface area contributed by atoms with Crippen molar-refractivity contribution < 1.29 is 0 Å². The lowest BCUT2D eigenvalue weighted by Crippen LogP contribution is -2.50. The van der Waals surface area contributed by atoms with Gasteiger partial charge in [-0.05, 0) is 20.5 Å². The summed E-state index contributed by atoms with van der Waals surface area (Å²) in [5.74, 6) is 0. The quantitative estimate of drug-likeness (QED) is 0.880. The van der Waals surface area contributed by atoms with Crippen LogP contribution in [0.5, 0.6) is 0 Å². The Hall–Kier alpha value is -0.650. The van der Waals surface area contributed by atoms with Crippen LogP contribution >= 0.6 is 11.3 Å². The molecule has 1 aromatic heterocycles. The van der Waals surface area contributed by atoms with E-state index in [4.69, 9.17) is 4.98 Å². The fourth-order valence-electron chi connectivity index (χ4n) is 2.19. The zero-order valence-electron chi connectivity index (χ0n) is 10.9. The van der Waals surface area contributed by atoms with E-state index >= 15 is 0 Å². The first-order valence-electron chi connectivity index (χ1n) is 6.31. The molecule has 1 atom stereocenters. The van der Waals surface area contributed by atoms with Crippen LogP contribution in [0.3, 0.4) is 0 Å². The molecule has 1 aromatic rings. The van der Waals surface area contributed by atoms with Crippen molar-refractivity contribution >= 4 is 16.5 Å². The molecule has 0 bridgehead atoms. The SMILES string of the molecule is CCNCc1csc(N2CCN(C)CC2C)n1. The van der Waals surface area contributed by atoms with Gasteiger partial charge in [0, 0.05) is 37.6 Å². The number of nitrogens with one attached hydrogen (secondary N) is 1. The lowest BCUT2D eigenvalue weighted by molar-refractivity contribution is 0.275. The van der Waals surface area contributed by atoms with E-state index in [0.29, 0.717) is 6.04 Å². The fourth-order valence-corrected chi connectivity index (χ4v) is 3.14. The molecule has 0 spiro atoms. The molecule has 0 saturated carbocycles. The van der Waals surface area contributed by atoms with Crippen LogP contribution in [0.15, 0.2) is 5.38 Å². The van der Waals surface area contributed by atoms with Crippen LogP contribution in [0.25, 0.3) is 0 Å². The Balaban J connectivity index is 1.99. The summed E-state index contributed by atoms with van der Waals surface area (Å²) in [6.07, 6.45) is 0. The maximum absolute atomic E-state index is 4.71. The molecule has 2 rings (SSSR count). The lowest BCUT2D eigenvalue weighted by atomic mass is 10.2. The third-order valence-electron chi connectivity index (χ3n) is 3.17. The standard InChI is InChI=1S/C12H22N4S/c1-4-13-7-11-9-17-12(14-11)16-6-5-15(3)8-10(16)2/h9-10,13H,4-8H2,1-3H3. The highest BCUT2D eigenvalue weighted by Crippen LogP contribution is 2.24. The molecular formula is C12H22N4S. The third kappa shape index (κ3) is 3.18. The molecule has 0 aromatic carbocycles. The minimum Gasteiger partial charge on any atom is -0.343 e. The number of thiazole rings is 1. The zero-order valence-corrected chi connectivity index (χ0v) is 11.8. The number of hydrogen-bond acceptors (Lipinski definition) is 5. The summed E-state index contributed by atoms with van der Waals surface area (Å²) < 4.78 is 0. The Kier molecular flexibility index (Phi) is 4.36. The molecule has 2 heterocycles. The van der Waals surface area contributed by atoms with Crippen LogP contribution in [0.2, 0.25) is 0 Å². The Morgan fingerprint density at radius 2 is 2.35 bits per heavy atom. The molecular weight excluding hydrogens is 232 g/mol. The zero-order chi connectivity index (χ0) is 12.3. The molecule has 96 valence electrons. The first-order valence-corrected chi connectivity index (χ1v) is 7.19. The van der Waals surface area contributed by atoms with Gasteiger partial charge in [-0.15, -0.1) is 11.3 Å². The highest BCUT2D eigenvalue weighted by atomic mass is 32.1. The van der Waals surface area contributed by atoms with E-state index in [2.05, 4.69) is 41.4 Å². The molecule has 1 fully saturated rings. The molecule has 0 amide bonds. The van der Waals surface area contributed by atoms with Crippen LogP contribution < -0.4 is 10.2 Å². The van der Waals surface area contributed by atoms with E-state index in [1.54, 1.807) is 11.3 Å².